The summed E-state index contributed by atoms with van der Waals surface area (Å²) in [5, 5.41) is 3.01. The number of carbonyl (C=O) groups is 1. The Hall–Kier alpha value is -1.55. The summed E-state index contributed by atoms with van der Waals surface area (Å²) in [6.45, 7) is 2.79. The van der Waals surface area contributed by atoms with Gasteiger partial charge < -0.3 is 15.0 Å². The lowest BCUT2D eigenvalue weighted by atomic mass is 9.87. The number of methoxy groups -OCH3 is 1. The average Bonchev–Trinajstić information content (AvgIpc) is 2.49. The molecule has 1 saturated carbocycles. The van der Waals surface area contributed by atoms with Crippen molar-refractivity contribution in [3.63, 3.8) is 0 Å². The Morgan fingerprint density at radius 1 is 1.29 bits per heavy atom. The SMILES string of the molecule is COCc1ccccc1NC(=O)N(C)C1CCC(C)CC1. The third kappa shape index (κ3) is 4.21. The molecule has 1 aromatic carbocycles. The molecule has 0 spiro atoms. The van der Waals surface area contributed by atoms with E-state index < -0.39 is 0 Å². The van der Waals surface area contributed by atoms with Gasteiger partial charge in [0.1, 0.15) is 0 Å². The molecule has 0 bridgehead atoms. The van der Waals surface area contributed by atoms with E-state index in [2.05, 4.69) is 12.2 Å². The first-order chi connectivity index (χ1) is 10.1. The molecule has 1 aliphatic carbocycles. The number of rotatable bonds is 4. The molecule has 0 unspecified atom stereocenters. The van der Waals surface area contributed by atoms with Crippen LogP contribution < -0.4 is 5.32 Å². The van der Waals surface area contributed by atoms with Gasteiger partial charge in [-0.3, -0.25) is 0 Å². The van der Waals surface area contributed by atoms with Crippen LogP contribution in [0, 0.1) is 5.92 Å². The van der Waals surface area contributed by atoms with Gasteiger partial charge in [-0.2, -0.15) is 0 Å². The number of ether oxygens (including phenoxy) is 1. The minimum Gasteiger partial charge on any atom is -0.380 e. The highest BCUT2D eigenvalue weighted by atomic mass is 16.5. The summed E-state index contributed by atoms with van der Waals surface area (Å²) in [5.41, 5.74) is 1.83. The van der Waals surface area contributed by atoms with Crippen LogP contribution in [-0.4, -0.2) is 31.1 Å². The van der Waals surface area contributed by atoms with Crippen LogP contribution in [0.15, 0.2) is 24.3 Å². The zero-order chi connectivity index (χ0) is 15.2. The van der Waals surface area contributed by atoms with Gasteiger partial charge in [0.15, 0.2) is 0 Å². The van der Waals surface area contributed by atoms with Crippen molar-refractivity contribution >= 4 is 11.7 Å². The molecule has 0 saturated heterocycles. The van der Waals surface area contributed by atoms with Crippen molar-refractivity contribution in [2.45, 2.75) is 45.3 Å². The fourth-order valence-corrected chi connectivity index (χ4v) is 2.92. The van der Waals surface area contributed by atoms with Crippen LogP contribution in [0.25, 0.3) is 0 Å². The summed E-state index contributed by atoms with van der Waals surface area (Å²) in [6.07, 6.45) is 4.63. The van der Waals surface area contributed by atoms with E-state index in [-0.39, 0.29) is 6.03 Å². The summed E-state index contributed by atoms with van der Waals surface area (Å²) in [4.78, 5) is 14.3. The second kappa shape index (κ2) is 7.46. The molecule has 0 atom stereocenters. The second-order valence-corrected chi connectivity index (χ2v) is 6.04. The first-order valence-corrected chi connectivity index (χ1v) is 7.72. The molecule has 1 aliphatic rings. The quantitative estimate of drug-likeness (QED) is 0.914. The predicted octanol–water partition coefficient (Wildman–Crippen LogP) is 3.88. The third-order valence-corrected chi connectivity index (χ3v) is 4.41. The van der Waals surface area contributed by atoms with E-state index in [0.29, 0.717) is 12.6 Å². The van der Waals surface area contributed by atoms with Crippen molar-refractivity contribution in [3.05, 3.63) is 29.8 Å². The zero-order valence-corrected chi connectivity index (χ0v) is 13.3. The summed E-state index contributed by atoms with van der Waals surface area (Å²) < 4.78 is 5.17. The Labute approximate surface area is 127 Å². The monoisotopic (exact) mass is 290 g/mol. The number of para-hydroxylation sites is 1. The molecule has 1 fully saturated rings. The van der Waals surface area contributed by atoms with Crippen LogP contribution in [0.3, 0.4) is 0 Å². The molecule has 0 aliphatic heterocycles. The van der Waals surface area contributed by atoms with E-state index in [1.165, 1.54) is 12.8 Å². The maximum Gasteiger partial charge on any atom is 0.321 e. The van der Waals surface area contributed by atoms with E-state index in [1.54, 1.807) is 7.11 Å². The molecule has 0 aromatic heterocycles. The van der Waals surface area contributed by atoms with Crippen LogP contribution >= 0.6 is 0 Å². The smallest absolute Gasteiger partial charge is 0.321 e. The Bertz CT molecular complexity index is 468. The van der Waals surface area contributed by atoms with Gasteiger partial charge in [0.05, 0.1) is 6.61 Å². The molecule has 4 nitrogen and oxygen atoms in total. The van der Waals surface area contributed by atoms with Gasteiger partial charge in [0, 0.05) is 31.5 Å². The Balaban J connectivity index is 1.97. The van der Waals surface area contributed by atoms with Crippen molar-refractivity contribution in [3.8, 4) is 0 Å². The number of hydrogen-bond donors (Lipinski definition) is 1. The first-order valence-electron chi connectivity index (χ1n) is 7.72. The van der Waals surface area contributed by atoms with Crippen molar-refractivity contribution in [2.24, 2.45) is 5.92 Å². The molecule has 2 amide bonds. The fraction of sp³-hybridized carbons (Fsp3) is 0.588. The van der Waals surface area contributed by atoms with Gasteiger partial charge in [0.2, 0.25) is 0 Å². The lowest BCUT2D eigenvalue weighted by Gasteiger charge is -2.33. The zero-order valence-electron chi connectivity index (χ0n) is 13.3. The van der Waals surface area contributed by atoms with Gasteiger partial charge in [-0.1, -0.05) is 25.1 Å². The van der Waals surface area contributed by atoms with Gasteiger partial charge >= 0.3 is 6.03 Å². The normalized spacial score (nSPS) is 21.9. The lowest BCUT2D eigenvalue weighted by molar-refractivity contribution is 0.174. The molecule has 0 radical (unpaired) electrons. The average molecular weight is 290 g/mol. The number of carbonyl (C=O) groups excluding carboxylic acids is 1. The summed E-state index contributed by atoms with van der Waals surface area (Å²) in [5.74, 6) is 0.792. The Morgan fingerprint density at radius 3 is 2.62 bits per heavy atom. The van der Waals surface area contributed by atoms with Gasteiger partial charge in [-0.15, -0.1) is 0 Å². The number of nitrogens with one attached hydrogen (secondary N) is 1. The number of benzene rings is 1. The summed E-state index contributed by atoms with van der Waals surface area (Å²) in [6, 6.07) is 8.10. The highest BCUT2D eigenvalue weighted by Gasteiger charge is 2.25. The Kier molecular flexibility index (Phi) is 5.62. The number of amides is 2. The van der Waals surface area contributed by atoms with Crippen LogP contribution in [0.4, 0.5) is 10.5 Å². The number of anilines is 1. The lowest BCUT2D eigenvalue weighted by Crippen LogP contribution is -2.41. The second-order valence-electron chi connectivity index (χ2n) is 6.04. The molecular formula is C17H26N2O2. The summed E-state index contributed by atoms with van der Waals surface area (Å²) >= 11 is 0. The van der Waals surface area contributed by atoms with Gasteiger partial charge in [-0.25, -0.2) is 4.79 Å². The number of nitrogens with zero attached hydrogens (tertiary/aromatic N) is 1. The van der Waals surface area contributed by atoms with Crippen molar-refractivity contribution in [1.29, 1.82) is 0 Å². The Morgan fingerprint density at radius 2 is 1.95 bits per heavy atom. The van der Waals surface area contributed by atoms with E-state index in [1.807, 2.05) is 36.2 Å². The largest absolute Gasteiger partial charge is 0.380 e. The predicted molar refractivity (Wildman–Crippen MR) is 85.4 cm³/mol. The topological polar surface area (TPSA) is 41.6 Å². The fourth-order valence-electron chi connectivity index (χ4n) is 2.92. The summed E-state index contributed by atoms with van der Waals surface area (Å²) in [7, 11) is 3.56. The maximum atomic E-state index is 12.4. The van der Waals surface area contributed by atoms with Gasteiger partial charge in [0.25, 0.3) is 0 Å². The minimum atomic E-state index is -0.0295. The van der Waals surface area contributed by atoms with E-state index >= 15 is 0 Å². The van der Waals surface area contributed by atoms with Crippen molar-refractivity contribution in [1.82, 2.24) is 4.90 Å². The molecule has 21 heavy (non-hydrogen) atoms. The minimum absolute atomic E-state index is 0.0295. The van der Waals surface area contributed by atoms with Gasteiger partial charge in [-0.05, 0) is 37.7 Å². The van der Waals surface area contributed by atoms with Crippen LogP contribution in [-0.2, 0) is 11.3 Å². The van der Waals surface area contributed by atoms with E-state index in [9.17, 15) is 4.79 Å². The first kappa shape index (κ1) is 15.8. The maximum absolute atomic E-state index is 12.4. The third-order valence-electron chi connectivity index (χ3n) is 4.41. The van der Waals surface area contributed by atoms with Crippen LogP contribution in [0.1, 0.15) is 38.2 Å². The number of hydrogen-bond acceptors (Lipinski definition) is 2. The number of urea groups is 1. The highest BCUT2D eigenvalue weighted by Crippen LogP contribution is 2.27. The van der Waals surface area contributed by atoms with Crippen LogP contribution in [0.5, 0.6) is 0 Å². The standard InChI is InChI=1S/C17H26N2O2/c1-13-8-10-15(11-9-13)19(2)17(20)18-16-7-5-4-6-14(16)12-21-3/h4-7,13,15H,8-12H2,1-3H3,(H,18,20). The van der Waals surface area contributed by atoms with Crippen molar-refractivity contribution < 1.29 is 9.53 Å². The molecule has 0 heterocycles. The van der Waals surface area contributed by atoms with Crippen LogP contribution in [0.2, 0.25) is 0 Å². The highest BCUT2D eigenvalue weighted by molar-refractivity contribution is 5.90. The molecule has 2 rings (SSSR count). The molecule has 1 N–H and O–H groups in total. The van der Waals surface area contributed by atoms with E-state index in [0.717, 1.165) is 30.0 Å². The molecular weight excluding hydrogens is 264 g/mol. The van der Waals surface area contributed by atoms with E-state index in [4.69, 9.17) is 4.74 Å². The molecule has 1 aromatic rings. The van der Waals surface area contributed by atoms with Crippen molar-refractivity contribution in [2.75, 3.05) is 19.5 Å². The molecule has 4 heteroatoms. The molecule has 116 valence electrons.